The number of alkyl halides is 1. The Morgan fingerprint density at radius 1 is 1.27 bits per heavy atom. The minimum absolute atomic E-state index is 0.331. The van der Waals surface area contributed by atoms with Crippen molar-refractivity contribution in [2.75, 3.05) is 0 Å². The summed E-state index contributed by atoms with van der Waals surface area (Å²) in [7, 11) is 0. The number of hydrogen-bond donors (Lipinski definition) is 2. The fraction of sp³-hybridized carbons (Fsp3) is 0.333. The van der Waals surface area contributed by atoms with Gasteiger partial charge in [0.15, 0.2) is 0 Å². The molecule has 1 rings (SSSR count). The second-order valence-corrected chi connectivity index (χ2v) is 3.86. The zero-order valence-corrected chi connectivity index (χ0v) is 9.14. The average Bonchev–Trinajstić information content (AvgIpc) is 2.28. The molecule has 0 amide bonds. The fourth-order valence-corrected chi connectivity index (χ4v) is 1.65. The molecule has 0 radical (unpaired) electrons. The second kappa shape index (κ2) is 5.91. The summed E-state index contributed by atoms with van der Waals surface area (Å²) < 4.78 is 0. The van der Waals surface area contributed by atoms with E-state index < -0.39 is 17.6 Å². The first-order valence-corrected chi connectivity index (χ1v) is 5.26. The van der Waals surface area contributed by atoms with Gasteiger partial charge in [-0.2, -0.15) is 0 Å². The topological polar surface area (TPSA) is 40.5 Å². The lowest BCUT2D eigenvalue weighted by molar-refractivity contribution is 0.0191. The van der Waals surface area contributed by atoms with Crippen LogP contribution in [-0.2, 0) is 0 Å². The Kier molecular flexibility index (Phi) is 4.82. The lowest BCUT2D eigenvalue weighted by Crippen LogP contribution is -2.29. The smallest absolute Gasteiger partial charge is 0.101 e. The van der Waals surface area contributed by atoms with Crippen molar-refractivity contribution in [1.82, 2.24) is 0 Å². The molecule has 3 heteroatoms. The van der Waals surface area contributed by atoms with Gasteiger partial charge in [0.05, 0.1) is 11.5 Å². The largest absolute Gasteiger partial charge is 0.390 e. The third kappa shape index (κ3) is 3.34. The highest BCUT2D eigenvalue weighted by Crippen LogP contribution is 2.26. The van der Waals surface area contributed by atoms with E-state index in [1.165, 1.54) is 0 Å². The molecule has 0 unspecified atom stereocenters. The summed E-state index contributed by atoms with van der Waals surface area (Å²) >= 11 is 6.04. The summed E-state index contributed by atoms with van der Waals surface area (Å²) in [6.45, 7) is 3.50. The van der Waals surface area contributed by atoms with Crippen molar-refractivity contribution in [3.05, 3.63) is 48.6 Å². The SMILES string of the molecule is C=CC[C@H](O)[C@@H](O)[C@@H](Cl)c1ccccc1. The number of aliphatic hydroxyl groups is 2. The average molecular weight is 227 g/mol. The van der Waals surface area contributed by atoms with E-state index in [-0.39, 0.29) is 0 Å². The summed E-state index contributed by atoms with van der Waals surface area (Å²) in [6, 6.07) is 9.21. The molecule has 0 aliphatic carbocycles. The monoisotopic (exact) mass is 226 g/mol. The zero-order chi connectivity index (χ0) is 11.3. The van der Waals surface area contributed by atoms with E-state index >= 15 is 0 Å². The normalized spacial score (nSPS) is 16.7. The van der Waals surface area contributed by atoms with Gasteiger partial charge >= 0.3 is 0 Å². The Bertz CT molecular complexity index is 300. The van der Waals surface area contributed by atoms with Gasteiger partial charge in [-0.1, -0.05) is 36.4 Å². The predicted octanol–water partition coefficient (Wildman–Crippen LogP) is 2.26. The van der Waals surface area contributed by atoms with E-state index in [1.54, 1.807) is 6.08 Å². The van der Waals surface area contributed by atoms with Crippen LogP contribution >= 0.6 is 11.6 Å². The van der Waals surface area contributed by atoms with Crippen molar-refractivity contribution < 1.29 is 10.2 Å². The maximum absolute atomic E-state index is 9.74. The van der Waals surface area contributed by atoms with Gasteiger partial charge < -0.3 is 10.2 Å². The predicted molar refractivity (Wildman–Crippen MR) is 61.9 cm³/mol. The fourth-order valence-electron chi connectivity index (χ4n) is 1.34. The zero-order valence-electron chi connectivity index (χ0n) is 8.38. The Labute approximate surface area is 94.8 Å². The number of benzene rings is 1. The highest BCUT2D eigenvalue weighted by Gasteiger charge is 2.24. The number of hydrogen-bond acceptors (Lipinski definition) is 2. The molecule has 0 fully saturated rings. The molecule has 2 N–H and O–H groups in total. The molecule has 82 valence electrons. The molecule has 0 saturated heterocycles. The Morgan fingerprint density at radius 2 is 1.87 bits per heavy atom. The summed E-state index contributed by atoms with van der Waals surface area (Å²) in [6.07, 6.45) is 0.0389. The number of halogens is 1. The summed E-state index contributed by atoms with van der Waals surface area (Å²) in [4.78, 5) is 0. The van der Waals surface area contributed by atoms with Crippen molar-refractivity contribution >= 4 is 11.6 Å². The minimum Gasteiger partial charge on any atom is -0.390 e. The van der Waals surface area contributed by atoms with Crippen molar-refractivity contribution in [2.24, 2.45) is 0 Å². The molecular weight excluding hydrogens is 212 g/mol. The molecule has 15 heavy (non-hydrogen) atoms. The molecule has 0 heterocycles. The van der Waals surface area contributed by atoms with Gasteiger partial charge in [0.25, 0.3) is 0 Å². The molecular formula is C12H15ClO2. The van der Waals surface area contributed by atoms with Crippen molar-refractivity contribution in [1.29, 1.82) is 0 Å². The van der Waals surface area contributed by atoms with Crippen LogP contribution in [0.2, 0.25) is 0 Å². The van der Waals surface area contributed by atoms with E-state index in [2.05, 4.69) is 6.58 Å². The Hall–Kier alpha value is -0.830. The van der Waals surface area contributed by atoms with Crippen LogP contribution in [0.25, 0.3) is 0 Å². The van der Waals surface area contributed by atoms with E-state index in [0.717, 1.165) is 5.56 Å². The standard InChI is InChI=1S/C12H15ClO2/c1-2-6-10(14)12(15)11(13)9-7-4-3-5-8-9/h2-5,7-8,10-12,14-15H,1,6H2/t10-,11-,12+/m0/s1. The lowest BCUT2D eigenvalue weighted by Gasteiger charge is -2.21. The van der Waals surface area contributed by atoms with E-state index in [0.29, 0.717) is 6.42 Å². The van der Waals surface area contributed by atoms with Crippen molar-refractivity contribution in [3.63, 3.8) is 0 Å². The van der Waals surface area contributed by atoms with Crippen LogP contribution in [0.3, 0.4) is 0 Å². The molecule has 1 aromatic carbocycles. The summed E-state index contributed by atoms with van der Waals surface area (Å²) in [5.74, 6) is 0. The van der Waals surface area contributed by atoms with Gasteiger partial charge in [0.1, 0.15) is 6.10 Å². The van der Waals surface area contributed by atoms with Gasteiger partial charge in [-0.25, -0.2) is 0 Å². The van der Waals surface area contributed by atoms with Crippen LogP contribution in [0.1, 0.15) is 17.4 Å². The molecule has 0 aromatic heterocycles. The highest BCUT2D eigenvalue weighted by atomic mass is 35.5. The number of rotatable bonds is 5. The van der Waals surface area contributed by atoms with Gasteiger partial charge in [-0.15, -0.1) is 18.2 Å². The van der Waals surface area contributed by atoms with E-state index in [1.807, 2.05) is 30.3 Å². The first-order valence-electron chi connectivity index (χ1n) is 4.83. The van der Waals surface area contributed by atoms with Crippen LogP contribution in [0, 0.1) is 0 Å². The van der Waals surface area contributed by atoms with Crippen LogP contribution in [0.5, 0.6) is 0 Å². The van der Waals surface area contributed by atoms with Crippen LogP contribution < -0.4 is 0 Å². The molecule has 0 saturated carbocycles. The van der Waals surface area contributed by atoms with Gasteiger partial charge in [-0.05, 0) is 12.0 Å². The first kappa shape index (κ1) is 12.2. The molecule has 0 bridgehead atoms. The highest BCUT2D eigenvalue weighted by molar-refractivity contribution is 6.21. The van der Waals surface area contributed by atoms with Crippen molar-refractivity contribution in [3.8, 4) is 0 Å². The van der Waals surface area contributed by atoms with Crippen LogP contribution in [0.4, 0.5) is 0 Å². The van der Waals surface area contributed by atoms with Crippen LogP contribution in [0.15, 0.2) is 43.0 Å². The summed E-state index contributed by atoms with van der Waals surface area (Å²) in [5, 5.41) is 18.7. The van der Waals surface area contributed by atoms with Gasteiger partial charge in [-0.3, -0.25) is 0 Å². The number of aliphatic hydroxyl groups excluding tert-OH is 2. The van der Waals surface area contributed by atoms with Gasteiger partial charge in [0, 0.05) is 0 Å². The third-order valence-electron chi connectivity index (χ3n) is 2.22. The molecule has 3 atom stereocenters. The minimum atomic E-state index is -0.980. The molecule has 0 aliphatic heterocycles. The maximum Gasteiger partial charge on any atom is 0.101 e. The first-order chi connectivity index (χ1) is 7.16. The van der Waals surface area contributed by atoms with Crippen molar-refractivity contribution in [2.45, 2.75) is 24.0 Å². The second-order valence-electron chi connectivity index (χ2n) is 3.39. The lowest BCUT2D eigenvalue weighted by atomic mass is 10.0. The molecule has 1 aromatic rings. The molecule has 0 aliphatic rings. The van der Waals surface area contributed by atoms with Crippen LogP contribution in [-0.4, -0.2) is 22.4 Å². The Morgan fingerprint density at radius 3 is 2.40 bits per heavy atom. The van der Waals surface area contributed by atoms with E-state index in [9.17, 15) is 10.2 Å². The quantitative estimate of drug-likeness (QED) is 0.597. The van der Waals surface area contributed by atoms with Gasteiger partial charge in [0.2, 0.25) is 0 Å². The maximum atomic E-state index is 9.74. The van der Waals surface area contributed by atoms with E-state index in [4.69, 9.17) is 11.6 Å². The molecule has 0 spiro atoms. The summed E-state index contributed by atoms with van der Waals surface area (Å²) in [5.41, 5.74) is 0.801. The third-order valence-corrected chi connectivity index (χ3v) is 2.73. The molecule has 2 nitrogen and oxygen atoms in total. The Balaban J connectivity index is 2.68.